The Balaban J connectivity index is 2.34. The molecule has 0 nitrogen and oxygen atoms in total. The SMILES string of the molecule is C1=C(c2ccccc2)CS1. The maximum atomic E-state index is 2.22. The lowest BCUT2D eigenvalue weighted by Gasteiger charge is -2.12. The van der Waals surface area contributed by atoms with Gasteiger partial charge in [-0.3, -0.25) is 0 Å². The first-order valence-electron chi connectivity index (χ1n) is 3.33. The van der Waals surface area contributed by atoms with Crippen LogP contribution in [0.2, 0.25) is 0 Å². The molecule has 0 aromatic heterocycles. The van der Waals surface area contributed by atoms with Crippen LogP contribution in [-0.4, -0.2) is 5.75 Å². The lowest BCUT2D eigenvalue weighted by Crippen LogP contribution is -1.92. The normalized spacial score (nSPS) is 15.8. The van der Waals surface area contributed by atoms with Gasteiger partial charge in [-0.2, -0.15) is 0 Å². The molecule has 1 aromatic rings. The van der Waals surface area contributed by atoms with E-state index < -0.39 is 0 Å². The van der Waals surface area contributed by atoms with Crippen molar-refractivity contribution in [3.63, 3.8) is 0 Å². The molecule has 0 amide bonds. The fourth-order valence-corrected chi connectivity index (χ4v) is 1.61. The summed E-state index contributed by atoms with van der Waals surface area (Å²) in [5, 5.41) is 2.22. The van der Waals surface area contributed by atoms with Crippen molar-refractivity contribution in [1.82, 2.24) is 0 Å². The Hall–Kier alpha value is -0.690. The van der Waals surface area contributed by atoms with Crippen LogP contribution in [0.25, 0.3) is 5.57 Å². The minimum Gasteiger partial charge on any atom is -0.129 e. The third-order valence-corrected chi connectivity index (χ3v) is 2.54. The largest absolute Gasteiger partial charge is 0.129 e. The van der Waals surface area contributed by atoms with Crippen LogP contribution in [0.4, 0.5) is 0 Å². The average molecular weight is 148 g/mol. The molecule has 1 heteroatoms. The number of hydrogen-bond donors (Lipinski definition) is 0. The molecule has 1 aliphatic heterocycles. The smallest absolute Gasteiger partial charge is 0.0237 e. The van der Waals surface area contributed by atoms with Crippen molar-refractivity contribution in [2.45, 2.75) is 0 Å². The number of rotatable bonds is 1. The van der Waals surface area contributed by atoms with Crippen molar-refractivity contribution in [2.75, 3.05) is 5.75 Å². The fourth-order valence-electron chi connectivity index (χ4n) is 0.970. The summed E-state index contributed by atoms with van der Waals surface area (Å²) in [6.45, 7) is 0. The molecule has 2 rings (SSSR count). The molecular weight excluding hydrogens is 140 g/mol. The van der Waals surface area contributed by atoms with Crippen molar-refractivity contribution in [3.05, 3.63) is 41.3 Å². The van der Waals surface area contributed by atoms with Gasteiger partial charge in [0.15, 0.2) is 0 Å². The van der Waals surface area contributed by atoms with Gasteiger partial charge in [0.2, 0.25) is 0 Å². The van der Waals surface area contributed by atoms with Crippen molar-refractivity contribution in [2.24, 2.45) is 0 Å². The van der Waals surface area contributed by atoms with E-state index in [0.29, 0.717) is 0 Å². The summed E-state index contributed by atoms with van der Waals surface area (Å²) in [5.41, 5.74) is 2.85. The molecule has 0 radical (unpaired) electrons. The molecule has 0 saturated carbocycles. The van der Waals surface area contributed by atoms with E-state index in [1.54, 1.807) is 0 Å². The van der Waals surface area contributed by atoms with E-state index >= 15 is 0 Å². The highest BCUT2D eigenvalue weighted by Crippen LogP contribution is 2.30. The molecule has 1 heterocycles. The summed E-state index contributed by atoms with van der Waals surface area (Å²) in [6.07, 6.45) is 0. The fraction of sp³-hybridized carbons (Fsp3) is 0.111. The van der Waals surface area contributed by atoms with Crippen LogP contribution in [0.3, 0.4) is 0 Å². The maximum absolute atomic E-state index is 2.22. The summed E-state index contributed by atoms with van der Waals surface area (Å²) < 4.78 is 0. The zero-order chi connectivity index (χ0) is 6.81. The molecule has 0 spiro atoms. The van der Waals surface area contributed by atoms with E-state index in [0.717, 1.165) is 0 Å². The Labute approximate surface area is 65.0 Å². The summed E-state index contributed by atoms with van der Waals surface area (Å²) in [7, 11) is 0. The number of thioether (sulfide) groups is 1. The zero-order valence-corrected chi connectivity index (χ0v) is 6.40. The average Bonchev–Trinajstić information content (AvgIpc) is 1.86. The van der Waals surface area contributed by atoms with Gasteiger partial charge >= 0.3 is 0 Å². The molecule has 1 aromatic carbocycles. The first-order chi connectivity index (χ1) is 4.97. The molecule has 0 bridgehead atoms. The second-order valence-electron chi connectivity index (χ2n) is 2.32. The van der Waals surface area contributed by atoms with E-state index in [1.807, 2.05) is 11.8 Å². The Morgan fingerprint density at radius 2 is 1.80 bits per heavy atom. The maximum Gasteiger partial charge on any atom is 0.0237 e. The summed E-state index contributed by atoms with van der Waals surface area (Å²) in [5.74, 6) is 1.18. The van der Waals surface area contributed by atoms with Gasteiger partial charge in [-0.1, -0.05) is 30.3 Å². The Morgan fingerprint density at radius 3 is 2.30 bits per heavy atom. The van der Waals surface area contributed by atoms with Crippen LogP contribution in [0.1, 0.15) is 5.56 Å². The molecule has 50 valence electrons. The van der Waals surface area contributed by atoms with Crippen molar-refractivity contribution in [3.8, 4) is 0 Å². The van der Waals surface area contributed by atoms with E-state index in [-0.39, 0.29) is 0 Å². The van der Waals surface area contributed by atoms with E-state index in [4.69, 9.17) is 0 Å². The second kappa shape index (κ2) is 2.51. The minimum atomic E-state index is 1.18. The van der Waals surface area contributed by atoms with Crippen molar-refractivity contribution in [1.29, 1.82) is 0 Å². The molecular formula is C9H8S. The van der Waals surface area contributed by atoms with Crippen molar-refractivity contribution >= 4 is 17.3 Å². The monoisotopic (exact) mass is 148 g/mol. The zero-order valence-electron chi connectivity index (χ0n) is 5.58. The molecule has 1 aliphatic rings. The molecule has 0 N–H and O–H groups in total. The Bertz CT molecular complexity index is 249. The lowest BCUT2D eigenvalue weighted by atomic mass is 10.1. The lowest BCUT2D eigenvalue weighted by molar-refractivity contribution is 1.57. The predicted molar refractivity (Wildman–Crippen MR) is 46.9 cm³/mol. The van der Waals surface area contributed by atoms with E-state index in [1.165, 1.54) is 16.9 Å². The summed E-state index contributed by atoms with van der Waals surface area (Å²) in [6, 6.07) is 10.5. The highest BCUT2D eigenvalue weighted by atomic mass is 32.2. The summed E-state index contributed by atoms with van der Waals surface area (Å²) >= 11 is 1.88. The minimum absolute atomic E-state index is 1.18. The number of hydrogen-bond acceptors (Lipinski definition) is 1. The van der Waals surface area contributed by atoms with Gasteiger partial charge < -0.3 is 0 Å². The molecule has 0 unspecified atom stereocenters. The van der Waals surface area contributed by atoms with Gasteiger partial charge in [-0.05, 0) is 16.5 Å². The van der Waals surface area contributed by atoms with Crippen LogP contribution in [-0.2, 0) is 0 Å². The van der Waals surface area contributed by atoms with Gasteiger partial charge in [-0.15, -0.1) is 11.8 Å². The van der Waals surface area contributed by atoms with Crippen molar-refractivity contribution < 1.29 is 0 Å². The van der Waals surface area contributed by atoms with Gasteiger partial charge in [0.05, 0.1) is 0 Å². The molecule has 0 saturated heterocycles. The van der Waals surface area contributed by atoms with Gasteiger partial charge in [0, 0.05) is 5.75 Å². The van der Waals surface area contributed by atoms with Gasteiger partial charge in [-0.25, -0.2) is 0 Å². The third-order valence-electron chi connectivity index (χ3n) is 1.61. The highest BCUT2D eigenvalue weighted by Gasteiger charge is 2.06. The standard InChI is InChI=1S/C9H8S/c1-2-4-8(5-3-1)9-6-10-7-9/h1-6H,7H2. The first-order valence-corrected chi connectivity index (χ1v) is 4.38. The van der Waals surface area contributed by atoms with E-state index in [2.05, 4.69) is 35.7 Å². The third kappa shape index (κ3) is 0.971. The topological polar surface area (TPSA) is 0 Å². The molecule has 0 atom stereocenters. The van der Waals surface area contributed by atoms with Gasteiger partial charge in [0.25, 0.3) is 0 Å². The van der Waals surface area contributed by atoms with Crippen LogP contribution < -0.4 is 0 Å². The Kier molecular flexibility index (Phi) is 1.52. The highest BCUT2D eigenvalue weighted by molar-refractivity contribution is 8.04. The van der Waals surface area contributed by atoms with Crippen LogP contribution in [0, 0.1) is 0 Å². The Morgan fingerprint density at radius 1 is 1.10 bits per heavy atom. The first kappa shape index (κ1) is 6.05. The molecule has 0 fully saturated rings. The van der Waals surface area contributed by atoms with E-state index in [9.17, 15) is 0 Å². The quantitative estimate of drug-likeness (QED) is 0.590. The second-order valence-corrected chi connectivity index (χ2v) is 3.18. The number of benzene rings is 1. The predicted octanol–water partition coefficient (Wildman–Crippen LogP) is 2.77. The van der Waals surface area contributed by atoms with Crippen LogP contribution >= 0.6 is 11.8 Å². The van der Waals surface area contributed by atoms with Gasteiger partial charge in [0.1, 0.15) is 0 Å². The van der Waals surface area contributed by atoms with Crippen LogP contribution in [0.15, 0.2) is 35.7 Å². The molecule has 0 aliphatic carbocycles. The van der Waals surface area contributed by atoms with Crippen LogP contribution in [0.5, 0.6) is 0 Å². The summed E-state index contributed by atoms with van der Waals surface area (Å²) in [4.78, 5) is 0. The molecule has 10 heavy (non-hydrogen) atoms.